The van der Waals surface area contributed by atoms with E-state index in [9.17, 15) is 0 Å². The molecule has 4 nitrogen and oxygen atoms in total. The molecule has 110 valence electrons. The monoisotopic (exact) mass is 294 g/mol. The first-order valence-electron chi connectivity index (χ1n) is 6.44. The van der Waals surface area contributed by atoms with E-state index in [1.54, 1.807) is 0 Å². The minimum atomic E-state index is -0.120. The van der Waals surface area contributed by atoms with Gasteiger partial charge in [0, 0.05) is 47.8 Å². The lowest BCUT2D eigenvalue weighted by Gasteiger charge is -2.32. The smallest absolute Gasteiger partial charge is 0.0330 e. The standard InChI is InChI=1S/C12H30N4S2/c1-11(2,17)9(7-13)15-5-6-16-10(8-14)12(3,4)18/h9-10,15-18H,5-8,13-14H2,1-4H3. The molecule has 0 aliphatic carbocycles. The maximum absolute atomic E-state index is 5.73. The van der Waals surface area contributed by atoms with Crippen LogP contribution in [-0.2, 0) is 0 Å². The Hall–Kier alpha value is 0.540. The van der Waals surface area contributed by atoms with Gasteiger partial charge in [-0.25, -0.2) is 0 Å². The molecule has 0 spiro atoms. The third kappa shape index (κ3) is 7.21. The Bertz CT molecular complexity index is 199. The van der Waals surface area contributed by atoms with Crippen LogP contribution < -0.4 is 22.1 Å². The molecular formula is C12H30N4S2. The fourth-order valence-electron chi connectivity index (χ4n) is 1.74. The lowest BCUT2D eigenvalue weighted by atomic mass is 10.0. The first kappa shape index (κ1) is 18.5. The highest BCUT2D eigenvalue weighted by Crippen LogP contribution is 2.17. The predicted octanol–water partition coefficient (Wildman–Crippen LogP) is 0.237. The molecule has 0 aromatic heterocycles. The second-order valence-electron chi connectivity index (χ2n) is 5.79. The number of nitrogens with one attached hydrogen (secondary N) is 2. The first-order chi connectivity index (χ1) is 8.12. The van der Waals surface area contributed by atoms with E-state index in [0.29, 0.717) is 13.1 Å². The van der Waals surface area contributed by atoms with Crippen molar-refractivity contribution < 1.29 is 0 Å². The van der Waals surface area contributed by atoms with Crippen LogP contribution in [0.15, 0.2) is 0 Å². The van der Waals surface area contributed by atoms with Gasteiger partial charge in [0.1, 0.15) is 0 Å². The van der Waals surface area contributed by atoms with Crippen molar-refractivity contribution >= 4 is 25.3 Å². The first-order valence-corrected chi connectivity index (χ1v) is 7.34. The highest BCUT2D eigenvalue weighted by atomic mass is 32.1. The van der Waals surface area contributed by atoms with E-state index in [0.717, 1.165) is 13.1 Å². The lowest BCUT2D eigenvalue weighted by Crippen LogP contribution is -2.53. The maximum atomic E-state index is 5.73. The summed E-state index contributed by atoms with van der Waals surface area (Å²) in [5, 5.41) is 6.82. The molecule has 0 radical (unpaired) electrons. The molecule has 0 aliphatic heterocycles. The molecule has 0 fully saturated rings. The summed E-state index contributed by atoms with van der Waals surface area (Å²) >= 11 is 9.08. The summed E-state index contributed by atoms with van der Waals surface area (Å²) in [7, 11) is 0. The highest BCUT2D eigenvalue weighted by molar-refractivity contribution is 7.82. The molecule has 18 heavy (non-hydrogen) atoms. The molecule has 0 heterocycles. The van der Waals surface area contributed by atoms with E-state index in [2.05, 4.69) is 63.6 Å². The summed E-state index contributed by atoms with van der Waals surface area (Å²) < 4.78 is -0.240. The van der Waals surface area contributed by atoms with Gasteiger partial charge in [0.15, 0.2) is 0 Å². The molecule has 2 unspecified atom stereocenters. The summed E-state index contributed by atoms with van der Waals surface area (Å²) in [5.74, 6) is 0. The van der Waals surface area contributed by atoms with Crippen LogP contribution in [0.4, 0.5) is 0 Å². The molecular weight excluding hydrogens is 264 g/mol. The van der Waals surface area contributed by atoms with Gasteiger partial charge in [-0.1, -0.05) is 0 Å². The predicted molar refractivity (Wildman–Crippen MR) is 87.8 cm³/mol. The number of nitrogens with two attached hydrogens (primary N) is 2. The van der Waals surface area contributed by atoms with Gasteiger partial charge in [0.25, 0.3) is 0 Å². The zero-order chi connectivity index (χ0) is 14.4. The van der Waals surface area contributed by atoms with Crippen molar-refractivity contribution in [2.75, 3.05) is 26.2 Å². The molecule has 0 aromatic rings. The quantitative estimate of drug-likeness (QED) is 0.272. The molecule has 0 saturated carbocycles. The van der Waals surface area contributed by atoms with Gasteiger partial charge in [-0.3, -0.25) is 0 Å². The Morgan fingerprint density at radius 1 is 0.833 bits per heavy atom. The fourth-order valence-corrected chi connectivity index (χ4v) is 2.13. The summed E-state index contributed by atoms with van der Waals surface area (Å²) in [4.78, 5) is 0. The van der Waals surface area contributed by atoms with Gasteiger partial charge >= 0.3 is 0 Å². The Labute approximate surface area is 123 Å². The van der Waals surface area contributed by atoms with Crippen molar-refractivity contribution in [1.29, 1.82) is 0 Å². The van der Waals surface area contributed by atoms with Crippen LogP contribution in [0.5, 0.6) is 0 Å². The van der Waals surface area contributed by atoms with E-state index in [-0.39, 0.29) is 21.6 Å². The number of rotatable bonds is 9. The molecule has 0 saturated heterocycles. The zero-order valence-electron chi connectivity index (χ0n) is 12.0. The Morgan fingerprint density at radius 2 is 1.11 bits per heavy atom. The Kier molecular flexibility index (Phi) is 8.21. The van der Waals surface area contributed by atoms with Crippen molar-refractivity contribution in [1.82, 2.24) is 10.6 Å². The highest BCUT2D eigenvalue weighted by Gasteiger charge is 2.25. The summed E-state index contributed by atoms with van der Waals surface area (Å²) in [6.45, 7) is 11.1. The van der Waals surface area contributed by atoms with E-state index in [1.165, 1.54) is 0 Å². The van der Waals surface area contributed by atoms with Crippen LogP contribution in [0.25, 0.3) is 0 Å². The van der Waals surface area contributed by atoms with Crippen molar-refractivity contribution in [2.24, 2.45) is 11.5 Å². The van der Waals surface area contributed by atoms with Crippen LogP contribution in [0.3, 0.4) is 0 Å². The lowest BCUT2D eigenvalue weighted by molar-refractivity contribution is 0.403. The van der Waals surface area contributed by atoms with Crippen molar-refractivity contribution in [2.45, 2.75) is 49.3 Å². The average Bonchev–Trinajstić information content (AvgIpc) is 2.19. The van der Waals surface area contributed by atoms with E-state index in [4.69, 9.17) is 11.5 Å². The molecule has 6 heteroatoms. The SMILES string of the molecule is CC(C)(S)C(CN)NCCNC(CN)C(C)(C)S. The average molecular weight is 295 g/mol. The molecule has 6 N–H and O–H groups in total. The number of hydrogen-bond acceptors (Lipinski definition) is 6. The van der Waals surface area contributed by atoms with Crippen LogP contribution in [0, 0.1) is 0 Å². The van der Waals surface area contributed by atoms with E-state index < -0.39 is 0 Å². The van der Waals surface area contributed by atoms with Gasteiger partial charge in [-0.2, -0.15) is 25.3 Å². The number of hydrogen-bond donors (Lipinski definition) is 6. The van der Waals surface area contributed by atoms with Crippen LogP contribution in [-0.4, -0.2) is 47.8 Å². The zero-order valence-corrected chi connectivity index (χ0v) is 13.8. The normalized spacial score (nSPS) is 16.7. The third-order valence-electron chi connectivity index (χ3n) is 3.08. The second-order valence-corrected chi connectivity index (χ2v) is 8.10. The van der Waals surface area contributed by atoms with Crippen molar-refractivity contribution in [3.05, 3.63) is 0 Å². The molecule has 2 atom stereocenters. The summed E-state index contributed by atoms with van der Waals surface area (Å²) in [6.07, 6.45) is 0. The minimum Gasteiger partial charge on any atom is -0.329 e. The topological polar surface area (TPSA) is 76.1 Å². The maximum Gasteiger partial charge on any atom is 0.0330 e. The largest absolute Gasteiger partial charge is 0.329 e. The Balaban J connectivity index is 3.98. The summed E-state index contributed by atoms with van der Waals surface area (Å²) in [6, 6.07) is 0.394. The molecule has 0 amide bonds. The number of thiol groups is 2. The van der Waals surface area contributed by atoms with Gasteiger partial charge in [-0.15, -0.1) is 0 Å². The Morgan fingerprint density at radius 3 is 1.28 bits per heavy atom. The second kappa shape index (κ2) is 7.97. The van der Waals surface area contributed by atoms with Crippen molar-refractivity contribution in [3.63, 3.8) is 0 Å². The minimum absolute atomic E-state index is 0.120. The van der Waals surface area contributed by atoms with Gasteiger partial charge in [0.05, 0.1) is 0 Å². The van der Waals surface area contributed by atoms with Gasteiger partial charge in [0.2, 0.25) is 0 Å². The fraction of sp³-hybridized carbons (Fsp3) is 1.00. The molecule has 0 rings (SSSR count). The molecule has 0 aromatic carbocycles. The van der Waals surface area contributed by atoms with E-state index in [1.807, 2.05) is 0 Å². The van der Waals surface area contributed by atoms with Crippen LogP contribution >= 0.6 is 25.3 Å². The molecule has 0 bridgehead atoms. The van der Waals surface area contributed by atoms with Crippen LogP contribution in [0.1, 0.15) is 27.7 Å². The summed E-state index contributed by atoms with van der Waals surface area (Å²) in [5.41, 5.74) is 11.5. The van der Waals surface area contributed by atoms with Crippen molar-refractivity contribution in [3.8, 4) is 0 Å². The van der Waals surface area contributed by atoms with Crippen LogP contribution in [0.2, 0.25) is 0 Å². The van der Waals surface area contributed by atoms with Gasteiger partial charge in [-0.05, 0) is 27.7 Å². The van der Waals surface area contributed by atoms with E-state index >= 15 is 0 Å². The van der Waals surface area contributed by atoms with Gasteiger partial charge < -0.3 is 22.1 Å². The molecule has 0 aliphatic rings. The third-order valence-corrected chi connectivity index (χ3v) is 3.71.